The molecule has 1 atom stereocenters. The van der Waals surface area contributed by atoms with Crippen molar-refractivity contribution in [1.29, 1.82) is 0 Å². The molecule has 0 saturated carbocycles. The number of aromatic nitrogens is 3. The second-order valence-electron chi connectivity index (χ2n) is 9.22. The summed E-state index contributed by atoms with van der Waals surface area (Å²) in [7, 11) is 1.62. The highest BCUT2D eigenvalue weighted by Gasteiger charge is 2.41. The lowest BCUT2D eigenvalue weighted by Crippen LogP contribution is -2.36. The molecule has 170 valence electrons. The zero-order valence-corrected chi connectivity index (χ0v) is 20.3. The summed E-state index contributed by atoms with van der Waals surface area (Å²) < 4.78 is 14.5. The van der Waals surface area contributed by atoms with Crippen molar-refractivity contribution in [3.63, 3.8) is 0 Å². The molecule has 8 heteroatoms. The number of fused-ring (bicyclic) bond motifs is 1. The highest BCUT2D eigenvalue weighted by Crippen LogP contribution is 2.46. The number of nitrogens with zero attached hydrogens (tertiary/aromatic N) is 3. The van der Waals surface area contributed by atoms with Gasteiger partial charge in [-0.3, -0.25) is 4.79 Å². The SMILES string of the molecule is COc1cc(C2C3=C(CC(C)(C)CC3=O)Nc3ncnn32)ccc1OCc1cccc(Br)c1. The molecular formula is C25H25BrN4O3. The minimum absolute atomic E-state index is 0.0997. The van der Waals surface area contributed by atoms with Crippen LogP contribution < -0.4 is 14.8 Å². The van der Waals surface area contributed by atoms with Crippen LogP contribution in [0, 0.1) is 5.41 Å². The lowest BCUT2D eigenvalue weighted by molar-refractivity contribution is -0.118. The number of carbonyl (C=O) groups excluding carboxylic acids is 1. The minimum Gasteiger partial charge on any atom is -0.493 e. The Morgan fingerprint density at radius 2 is 2.03 bits per heavy atom. The summed E-state index contributed by atoms with van der Waals surface area (Å²) in [4.78, 5) is 17.6. The predicted molar refractivity (Wildman–Crippen MR) is 128 cm³/mol. The highest BCUT2D eigenvalue weighted by atomic mass is 79.9. The van der Waals surface area contributed by atoms with Gasteiger partial charge in [-0.25, -0.2) is 4.68 Å². The van der Waals surface area contributed by atoms with Gasteiger partial charge in [0.25, 0.3) is 0 Å². The Labute approximate surface area is 200 Å². The molecule has 2 heterocycles. The van der Waals surface area contributed by atoms with Gasteiger partial charge in [-0.05, 0) is 47.2 Å². The van der Waals surface area contributed by atoms with Gasteiger partial charge in [-0.1, -0.05) is 48.0 Å². The maximum atomic E-state index is 13.2. The van der Waals surface area contributed by atoms with Gasteiger partial charge in [0.1, 0.15) is 19.0 Å². The van der Waals surface area contributed by atoms with Crippen molar-refractivity contribution >= 4 is 27.7 Å². The number of hydrogen-bond acceptors (Lipinski definition) is 6. The van der Waals surface area contributed by atoms with Crippen molar-refractivity contribution in [3.8, 4) is 11.5 Å². The van der Waals surface area contributed by atoms with Crippen LogP contribution in [0.3, 0.4) is 0 Å². The largest absolute Gasteiger partial charge is 0.493 e. The normalized spacial score (nSPS) is 18.9. The van der Waals surface area contributed by atoms with E-state index in [9.17, 15) is 4.79 Å². The smallest absolute Gasteiger partial charge is 0.226 e. The average molecular weight is 509 g/mol. The third kappa shape index (κ3) is 4.15. The molecule has 0 bridgehead atoms. The summed E-state index contributed by atoms with van der Waals surface area (Å²) in [5.74, 6) is 2.01. The Bertz CT molecular complexity index is 1260. The first kappa shape index (κ1) is 21.7. The molecule has 0 saturated heterocycles. The van der Waals surface area contributed by atoms with E-state index in [2.05, 4.69) is 45.2 Å². The number of anilines is 1. The van der Waals surface area contributed by atoms with Crippen molar-refractivity contribution in [2.45, 2.75) is 39.3 Å². The van der Waals surface area contributed by atoms with E-state index < -0.39 is 0 Å². The summed E-state index contributed by atoms with van der Waals surface area (Å²) in [6.45, 7) is 4.65. The van der Waals surface area contributed by atoms with Crippen LogP contribution in [-0.4, -0.2) is 27.7 Å². The summed E-state index contributed by atoms with van der Waals surface area (Å²) in [5.41, 5.74) is 3.52. The van der Waals surface area contributed by atoms with Crippen LogP contribution in [-0.2, 0) is 11.4 Å². The molecule has 0 radical (unpaired) electrons. The third-order valence-electron chi connectivity index (χ3n) is 6.06. The molecule has 5 rings (SSSR count). The minimum atomic E-state index is -0.365. The molecular weight excluding hydrogens is 484 g/mol. The van der Waals surface area contributed by atoms with Crippen LogP contribution in [0.1, 0.15) is 43.9 Å². The molecule has 1 unspecified atom stereocenters. The van der Waals surface area contributed by atoms with Gasteiger partial charge in [-0.15, -0.1) is 0 Å². The third-order valence-corrected chi connectivity index (χ3v) is 6.55. The molecule has 1 N–H and O–H groups in total. The van der Waals surface area contributed by atoms with E-state index in [1.54, 1.807) is 11.8 Å². The van der Waals surface area contributed by atoms with Gasteiger partial charge in [-0.2, -0.15) is 10.1 Å². The van der Waals surface area contributed by atoms with Gasteiger partial charge in [0.15, 0.2) is 17.3 Å². The number of ether oxygens (including phenoxy) is 2. The summed E-state index contributed by atoms with van der Waals surface area (Å²) in [6, 6.07) is 13.4. The number of Topliss-reactive ketones (excluding diaryl/α,β-unsaturated/α-hetero) is 1. The van der Waals surface area contributed by atoms with E-state index >= 15 is 0 Å². The molecule has 3 aromatic rings. The molecule has 1 aromatic heterocycles. The van der Waals surface area contributed by atoms with Gasteiger partial charge in [0.2, 0.25) is 5.95 Å². The molecule has 7 nitrogen and oxygen atoms in total. The van der Waals surface area contributed by atoms with Crippen molar-refractivity contribution in [1.82, 2.24) is 14.8 Å². The van der Waals surface area contributed by atoms with Crippen molar-refractivity contribution in [2.75, 3.05) is 12.4 Å². The lowest BCUT2D eigenvalue weighted by Gasteiger charge is -2.38. The van der Waals surface area contributed by atoms with Gasteiger partial charge >= 0.3 is 0 Å². The monoisotopic (exact) mass is 508 g/mol. The molecule has 0 amide bonds. The van der Waals surface area contributed by atoms with Crippen LogP contribution in [0.15, 0.2) is 64.5 Å². The first-order valence-electron chi connectivity index (χ1n) is 10.8. The number of methoxy groups -OCH3 is 1. The molecule has 1 aliphatic heterocycles. The van der Waals surface area contributed by atoms with E-state index in [4.69, 9.17) is 9.47 Å². The Morgan fingerprint density at radius 3 is 2.82 bits per heavy atom. The van der Waals surface area contributed by atoms with Gasteiger partial charge in [0, 0.05) is 22.2 Å². The van der Waals surface area contributed by atoms with Crippen LogP contribution >= 0.6 is 15.9 Å². The van der Waals surface area contributed by atoms with Crippen molar-refractivity contribution in [3.05, 3.63) is 75.7 Å². The highest BCUT2D eigenvalue weighted by molar-refractivity contribution is 9.10. The van der Waals surface area contributed by atoms with Crippen LogP contribution in [0.5, 0.6) is 11.5 Å². The summed E-state index contributed by atoms with van der Waals surface area (Å²) >= 11 is 3.49. The second-order valence-corrected chi connectivity index (χ2v) is 10.1. The Hall–Kier alpha value is -3.13. The first-order chi connectivity index (χ1) is 15.8. The Kier molecular flexibility index (Phi) is 5.48. The Balaban J connectivity index is 1.50. The van der Waals surface area contributed by atoms with Gasteiger partial charge in [0.05, 0.1) is 7.11 Å². The number of halogens is 1. The molecule has 1 aliphatic carbocycles. The number of benzene rings is 2. The lowest BCUT2D eigenvalue weighted by atomic mass is 9.73. The molecule has 2 aromatic carbocycles. The molecule has 2 aliphatic rings. The first-order valence-corrected chi connectivity index (χ1v) is 11.6. The fourth-order valence-electron chi connectivity index (χ4n) is 4.62. The van der Waals surface area contributed by atoms with E-state index in [0.717, 1.165) is 33.3 Å². The number of allylic oxidation sites excluding steroid dienone is 2. The van der Waals surface area contributed by atoms with Crippen molar-refractivity contribution in [2.24, 2.45) is 5.41 Å². The zero-order valence-electron chi connectivity index (χ0n) is 18.8. The number of nitrogens with one attached hydrogen (secondary N) is 1. The van der Waals surface area contributed by atoms with E-state index in [1.165, 1.54) is 6.33 Å². The van der Waals surface area contributed by atoms with Crippen LogP contribution in [0.4, 0.5) is 5.95 Å². The summed E-state index contributed by atoms with van der Waals surface area (Å²) in [6.07, 6.45) is 2.79. The maximum absolute atomic E-state index is 13.2. The van der Waals surface area contributed by atoms with Crippen LogP contribution in [0.2, 0.25) is 0 Å². The van der Waals surface area contributed by atoms with Crippen molar-refractivity contribution < 1.29 is 14.3 Å². The second kappa shape index (κ2) is 8.33. The number of rotatable bonds is 5. The standard InChI is InChI=1S/C25H25BrN4O3/c1-25(2)11-18-22(19(31)12-25)23(30-24(29-18)27-14-28-30)16-7-8-20(21(10-16)32-3)33-13-15-5-4-6-17(26)9-15/h4-10,14,23H,11-13H2,1-3H3,(H,27,28,29). The number of carbonyl (C=O) groups is 1. The molecule has 33 heavy (non-hydrogen) atoms. The molecule has 0 fully saturated rings. The predicted octanol–water partition coefficient (Wildman–Crippen LogP) is 5.29. The average Bonchev–Trinajstić information content (AvgIpc) is 3.23. The fourth-order valence-corrected chi connectivity index (χ4v) is 5.07. The maximum Gasteiger partial charge on any atom is 0.226 e. The van der Waals surface area contributed by atoms with Crippen LogP contribution in [0.25, 0.3) is 0 Å². The van der Waals surface area contributed by atoms with E-state index in [0.29, 0.717) is 30.5 Å². The van der Waals surface area contributed by atoms with E-state index in [-0.39, 0.29) is 17.2 Å². The quantitative estimate of drug-likeness (QED) is 0.504. The number of hydrogen-bond donors (Lipinski definition) is 1. The summed E-state index contributed by atoms with van der Waals surface area (Å²) in [5, 5.41) is 7.75. The Morgan fingerprint density at radius 1 is 1.18 bits per heavy atom. The fraction of sp³-hybridized carbons (Fsp3) is 0.320. The zero-order chi connectivity index (χ0) is 23.2. The topological polar surface area (TPSA) is 78.3 Å². The molecule has 0 spiro atoms. The van der Waals surface area contributed by atoms with E-state index in [1.807, 2.05) is 42.5 Å². The number of ketones is 1. The van der Waals surface area contributed by atoms with Gasteiger partial charge < -0.3 is 14.8 Å².